The minimum Gasteiger partial charge on any atom is -0.383 e. The van der Waals surface area contributed by atoms with Crippen LogP contribution in [0.1, 0.15) is 22.2 Å². The number of hydrogen-bond acceptors (Lipinski definition) is 4. The molecule has 0 fully saturated rings. The summed E-state index contributed by atoms with van der Waals surface area (Å²) >= 11 is 7.41. The van der Waals surface area contributed by atoms with Crippen molar-refractivity contribution in [1.29, 1.82) is 0 Å². The summed E-state index contributed by atoms with van der Waals surface area (Å²) in [6, 6.07) is 5.57. The van der Waals surface area contributed by atoms with Crippen molar-refractivity contribution in [3.63, 3.8) is 0 Å². The predicted octanol–water partition coefficient (Wildman–Crippen LogP) is 3.20. The summed E-state index contributed by atoms with van der Waals surface area (Å²) in [5.74, 6) is -0.0917. The van der Waals surface area contributed by atoms with E-state index >= 15 is 0 Å². The fourth-order valence-electron chi connectivity index (χ4n) is 1.80. The van der Waals surface area contributed by atoms with Gasteiger partial charge in [0.2, 0.25) is 0 Å². The third-order valence-electron chi connectivity index (χ3n) is 2.72. The zero-order valence-corrected chi connectivity index (χ0v) is 12.7. The standard InChI is InChI=1S/C14H16ClN3OS/c1-2-17-12-9-16-7-6-11(12)14(19)18-8-5-10-3-4-13(15)20-10/h3-4,6-7,9,17H,2,5,8H2,1H3,(H,18,19). The lowest BCUT2D eigenvalue weighted by Crippen LogP contribution is -2.26. The van der Waals surface area contributed by atoms with Gasteiger partial charge in [-0.2, -0.15) is 0 Å². The molecule has 0 aliphatic rings. The van der Waals surface area contributed by atoms with Crippen LogP contribution in [0.2, 0.25) is 4.34 Å². The molecule has 6 heteroatoms. The van der Waals surface area contributed by atoms with Crippen molar-refractivity contribution in [3.8, 4) is 0 Å². The molecule has 0 aliphatic carbocycles. The lowest BCUT2D eigenvalue weighted by molar-refractivity contribution is 0.0955. The van der Waals surface area contributed by atoms with E-state index in [2.05, 4.69) is 15.6 Å². The van der Waals surface area contributed by atoms with E-state index in [1.54, 1.807) is 18.5 Å². The van der Waals surface area contributed by atoms with Crippen LogP contribution < -0.4 is 10.6 Å². The summed E-state index contributed by atoms with van der Waals surface area (Å²) in [6.07, 6.45) is 4.07. The van der Waals surface area contributed by atoms with E-state index in [0.717, 1.165) is 27.9 Å². The van der Waals surface area contributed by atoms with Crippen LogP contribution in [-0.4, -0.2) is 24.0 Å². The molecule has 2 rings (SSSR count). The van der Waals surface area contributed by atoms with Crippen molar-refractivity contribution in [1.82, 2.24) is 10.3 Å². The van der Waals surface area contributed by atoms with E-state index in [4.69, 9.17) is 11.6 Å². The van der Waals surface area contributed by atoms with E-state index < -0.39 is 0 Å². The average molecular weight is 310 g/mol. The molecule has 2 aromatic heterocycles. The van der Waals surface area contributed by atoms with E-state index in [0.29, 0.717) is 12.1 Å². The second-order valence-electron chi connectivity index (χ2n) is 4.16. The Morgan fingerprint density at radius 3 is 2.95 bits per heavy atom. The zero-order valence-electron chi connectivity index (χ0n) is 11.1. The van der Waals surface area contributed by atoms with Gasteiger partial charge < -0.3 is 10.6 Å². The lowest BCUT2D eigenvalue weighted by atomic mass is 10.2. The maximum Gasteiger partial charge on any atom is 0.253 e. The number of nitrogens with zero attached hydrogens (tertiary/aromatic N) is 1. The summed E-state index contributed by atoms with van der Waals surface area (Å²) in [5, 5.41) is 6.04. The number of carbonyl (C=O) groups is 1. The van der Waals surface area contributed by atoms with E-state index in [1.807, 2.05) is 19.1 Å². The molecule has 2 aromatic rings. The predicted molar refractivity (Wildman–Crippen MR) is 83.8 cm³/mol. The average Bonchev–Trinajstić information content (AvgIpc) is 2.85. The fourth-order valence-corrected chi connectivity index (χ4v) is 2.89. The summed E-state index contributed by atoms with van der Waals surface area (Å²) in [5.41, 5.74) is 1.37. The van der Waals surface area contributed by atoms with Crippen LogP contribution in [0.5, 0.6) is 0 Å². The number of hydrogen-bond donors (Lipinski definition) is 2. The van der Waals surface area contributed by atoms with Crippen LogP contribution in [0, 0.1) is 0 Å². The van der Waals surface area contributed by atoms with E-state index in [-0.39, 0.29) is 5.91 Å². The molecule has 0 unspecified atom stereocenters. The molecule has 0 saturated heterocycles. The van der Waals surface area contributed by atoms with Crippen molar-refractivity contribution < 1.29 is 4.79 Å². The number of amides is 1. The highest BCUT2D eigenvalue weighted by Crippen LogP contribution is 2.21. The molecule has 106 valence electrons. The Labute approximate surface area is 127 Å². The largest absolute Gasteiger partial charge is 0.383 e. The molecular weight excluding hydrogens is 294 g/mol. The molecule has 0 spiro atoms. The van der Waals surface area contributed by atoms with Crippen LogP contribution >= 0.6 is 22.9 Å². The number of rotatable bonds is 6. The monoisotopic (exact) mass is 309 g/mol. The molecule has 0 aromatic carbocycles. The second kappa shape index (κ2) is 7.26. The molecule has 0 aliphatic heterocycles. The second-order valence-corrected chi connectivity index (χ2v) is 5.96. The van der Waals surface area contributed by atoms with Gasteiger partial charge in [-0.05, 0) is 31.5 Å². The van der Waals surface area contributed by atoms with Crippen LogP contribution in [0.15, 0.2) is 30.6 Å². The van der Waals surface area contributed by atoms with Crippen molar-refractivity contribution >= 4 is 34.5 Å². The first kappa shape index (κ1) is 14.8. The summed E-state index contributed by atoms with van der Waals surface area (Å²) in [7, 11) is 0. The maximum atomic E-state index is 12.1. The number of halogens is 1. The first-order valence-electron chi connectivity index (χ1n) is 6.41. The van der Waals surface area contributed by atoms with Gasteiger partial charge in [-0.25, -0.2) is 0 Å². The molecule has 2 heterocycles. The molecule has 1 amide bonds. The van der Waals surface area contributed by atoms with Crippen LogP contribution in [0.25, 0.3) is 0 Å². The van der Waals surface area contributed by atoms with Gasteiger partial charge >= 0.3 is 0 Å². The van der Waals surface area contributed by atoms with Gasteiger partial charge in [0.1, 0.15) is 0 Å². The molecule has 0 bridgehead atoms. The fraction of sp³-hybridized carbons (Fsp3) is 0.286. The highest BCUT2D eigenvalue weighted by Gasteiger charge is 2.10. The van der Waals surface area contributed by atoms with Gasteiger partial charge in [-0.15, -0.1) is 11.3 Å². The Morgan fingerprint density at radius 2 is 2.25 bits per heavy atom. The maximum absolute atomic E-state index is 12.1. The Kier molecular flexibility index (Phi) is 5.38. The Bertz CT molecular complexity index is 585. The summed E-state index contributed by atoms with van der Waals surface area (Å²) in [6.45, 7) is 3.32. The molecule has 0 radical (unpaired) electrons. The van der Waals surface area contributed by atoms with Gasteiger partial charge in [0.05, 0.1) is 21.8 Å². The minimum absolute atomic E-state index is 0.0917. The third kappa shape index (κ3) is 3.95. The minimum atomic E-state index is -0.0917. The number of thiophene rings is 1. The highest BCUT2D eigenvalue weighted by molar-refractivity contribution is 7.16. The zero-order chi connectivity index (χ0) is 14.4. The van der Waals surface area contributed by atoms with Gasteiger partial charge in [-0.3, -0.25) is 9.78 Å². The highest BCUT2D eigenvalue weighted by atomic mass is 35.5. The third-order valence-corrected chi connectivity index (χ3v) is 4.01. The van der Waals surface area contributed by atoms with Crippen molar-refractivity contribution in [2.45, 2.75) is 13.3 Å². The number of carbonyl (C=O) groups excluding carboxylic acids is 1. The Balaban J connectivity index is 1.91. The first-order chi connectivity index (χ1) is 9.70. The van der Waals surface area contributed by atoms with E-state index in [1.165, 1.54) is 11.3 Å². The summed E-state index contributed by atoms with van der Waals surface area (Å²) < 4.78 is 0.773. The Hall–Kier alpha value is -1.59. The normalized spacial score (nSPS) is 10.3. The lowest BCUT2D eigenvalue weighted by Gasteiger charge is -2.10. The number of anilines is 1. The topological polar surface area (TPSA) is 54.0 Å². The first-order valence-corrected chi connectivity index (χ1v) is 7.60. The smallest absolute Gasteiger partial charge is 0.253 e. The van der Waals surface area contributed by atoms with Gasteiger partial charge in [-0.1, -0.05) is 11.6 Å². The molecule has 4 nitrogen and oxygen atoms in total. The van der Waals surface area contributed by atoms with Gasteiger partial charge in [0.15, 0.2) is 0 Å². The molecule has 0 atom stereocenters. The Morgan fingerprint density at radius 1 is 1.40 bits per heavy atom. The number of nitrogens with one attached hydrogen (secondary N) is 2. The molecule has 2 N–H and O–H groups in total. The molecule has 0 saturated carbocycles. The SMILES string of the molecule is CCNc1cnccc1C(=O)NCCc1ccc(Cl)s1. The van der Waals surface area contributed by atoms with Crippen LogP contribution in [0.4, 0.5) is 5.69 Å². The van der Waals surface area contributed by atoms with Gasteiger partial charge in [0, 0.05) is 24.2 Å². The van der Waals surface area contributed by atoms with Gasteiger partial charge in [0.25, 0.3) is 5.91 Å². The van der Waals surface area contributed by atoms with Crippen LogP contribution in [0.3, 0.4) is 0 Å². The van der Waals surface area contributed by atoms with Crippen molar-refractivity contribution in [2.24, 2.45) is 0 Å². The van der Waals surface area contributed by atoms with E-state index in [9.17, 15) is 4.79 Å². The van der Waals surface area contributed by atoms with Crippen molar-refractivity contribution in [3.05, 3.63) is 45.4 Å². The number of aromatic nitrogens is 1. The quantitative estimate of drug-likeness (QED) is 0.861. The number of pyridine rings is 1. The van der Waals surface area contributed by atoms with Crippen LogP contribution in [-0.2, 0) is 6.42 Å². The molecular formula is C14H16ClN3OS. The summed E-state index contributed by atoms with van der Waals surface area (Å²) in [4.78, 5) is 17.3. The van der Waals surface area contributed by atoms with Crippen molar-refractivity contribution in [2.75, 3.05) is 18.4 Å². The molecule has 20 heavy (non-hydrogen) atoms.